The van der Waals surface area contributed by atoms with Gasteiger partial charge in [0.25, 0.3) is 0 Å². The molecular formula is C22H31N3O3. The Morgan fingerprint density at radius 3 is 2.71 bits per heavy atom. The maximum Gasteiger partial charge on any atom is 0.236 e. The lowest BCUT2D eigenvalue weighted by atomic mass is 9.73. The average molecular weight is 386 g/mol. The number of rotatable bonds is 4. The standard InChI is InChI=1S/C22H31N3O3/c26-13-12-25-17-22(9-6-20(25)27)8-3-10-24(16-22)21(28)15-23-11-7-18-4-1-2-5-19(18)14-23/h1-2,4-5,26H,3,6-17H2. The number of fused-ring (bicyclic) bond motifs is 1. The van der Waals surface area contributed by atoms with Gasteiger partial charge in [-0.1, -0.05) is 24.3 Å². The van der Waals surface area contributed by atoms with E-state index < -0.39 is 0 Å². The van der Waals surface area contributed by atoms with E-state index in [2.05, 4.69) is 29.2 Å². The summed E-state index contributed by atoms with van der Waals surface area (Å²) in [4.78, 5) is 31.2. The van der Waals surface area contributed by atoms with E-state index in [1.54, 1.807) is 4.90 Å². The quantitative estimate of drug-likeness (QED) is 0.848. The molecule has 3 heterocycles. The van der Waals surface area contributed by atoms with E-state index in [-0.39, 0.29) is 23.8 Å². The number of amides is 2. The van der Waals surface area contributed by atoms with Gasteiger partial charge in [0.15, 0.2) is 0 Å². The Labute approximate surface area is 167 Å². The molecule has 3 aliphatic rings. The van der Waals surface area contributed by atoms with Gasteiger partial charge in [0, 0.05) is 51.1 Å². The van der Waals surface area contributed by atoms with Crippen molar-refractivity contribution in [3.63, 3.8) is 0 Å². The molecule has 4 rings (SSSR count). The normalized spacial score (nSPS) is 25.8. The summed E-state index contributed by atoms with van der Waals surface area (Å²) in [5.41, 5.74) is 2.74. The highest BCUT2D eigenvalue weighted by atomic mass is 16.3. The van der Waals surface area contributed by atoms with Crippen molar-refractivity contribution in [2.75, 3.05) is 45.9 Å². The summed E-state index contributed by atoms with van der Waals surface area (Å²) in [5.74, 6) is 0.346. The van der Waals surface area contributed by atoms with Gasteiger partial charge in [-0.25, -0.2) is 0 Å². The SMILES string of the molecule is O=C1CCC2(CCCN(C(=O)CN3CCc4ccccc4C3)C2)CN1CCO. The smallest absolute Gasteiger partial charge is 0.236 e. The topological polar surface area (TPSA) is 64.1 Å². The molecule has 0 aliphatic carbocycles. The van der Waals surface area contributed by atoms with Crippen LogP contribution in [0.3, 0.4) is 0 Å². The first-order chi connectivity index (χ1) is 13.6. The fourth-order valence-electron chi connectivity index (χ4n) is 5.16. The summed E-state index contributed by atoms with van der Waals surface area (Å²) >= 11 is 0. The van der Waals surface area contributed by atoms with E-state index in [9.17, 15) is 14.7 Å². The minimum absolute atomic E-state index is 0.000892. The van der Waals surface area contributed by atoms with Crippen molar-refractivity contribution in [3.8, 4) is 0 Å². The minimum atomic E-state index is 0.000892. The van der Waals surface area contributed by atoms with Crippen LogP contribution in [0.1, 0.15) is 36.8 Å². The number of benzene rings is 1. The molecule has 6 nitrogen and oxygen atoms in total. The van der Waals surface area contributed by atoms with Crippen molar-refractivity contribution >= 4 is 11.8 Å². The number of hydrogen-bond donors (Lipinski definition) is 1. The number of hydrogen-bond acceptors (Lipinski definition) is 4. The zero-order valence-electron chi connectivity index (χ0n) is 16.6. The highest BCUT2D eigenvalue weighted by Crippen LogP contribution is 2.38. The molecule has 1 atom stereocenters. The maximum absolute atomic E-state index is 13.0. The molecule has 0 bridgehead atoms. The van der Waals surface area contributed by atoms with E-state index in [1.807, 2.05) is 4.90 Å². The van der Waals surface area contributed by atoms with Crippen molar-refractivity contribution in [3.05, 3.63) is 35.4 Å². The van der Waals surface area contributed by atoms with Crippen LogP contribution in [0.2, 0.25) is 0 Å². The summed E-state index contributed by atoms with van der Waals surface area (Å²) in [5, 5.41) is 9.25. The molecule has 1 aromatic rings. The van der Waals surface area contributed by atoms with Gasteiger partial charge in [0.05, 0.1) is 13.2 Å². The Morgan fingerprint density at radius 1 is 1.07 bits per heavy atom. The second-order valence-electron chi connectivity index (χ2n) is 8.69. The van der Waals surface area contributed by atoms with Crippen LogP contribution in [-0.2, 0) is 22.6 Å². The summed E-state index contributed by atoms with van der Waals surface area (Å²) in [6, 6.07) is 8.50. The Morgan fingerprint density at radius 2 is 1.89 bits per heavy atom. The van der Waals surface area contributed by atoms with Gasteiger partial charge in [0.2, 0.25) is 11.8 Å². The van der Waals surface area contributed by atoms with E-state index in [4.69, 9.17) is 0 Å². The molecule has 1 spiro atoms. The Bertz CT molecular complexity index is 737. The monoisotopic (exact) mass is 385 g/mol. The minimum Gasteiger partial charge on any atom is -0.395 e. The molecule has 1 aromatic carbocycles. The van der Waals surface area contributed by atoms with Gasteiger partial charge in [-0.05, 0) is 36.8 Å². The predicted octanol–water partition coefficient (Wildman–Crippen LogP) is 1.27. The van der Waals surface area contributed by atoms with Gasteiger partial charge < -0.3 is 14.9 Å². The lowest BCUT2D eigenvalue weighted by Gasteiger charge is -2.48. The van der Waals surface area contributed by atoms with Gasteiger partial charge in [-0.15, -0.1) is 0 Å². The second kappa shape index (κ2) is 8.21. The number of nitrogens with zero attached hydrogens (tertiary/aromatic N) is 3. The second-order valence-corrected chi connectivity index (χ2v) is 8.69. The molecule has 152 valence electrons. The fourth-order valence-corrected chi connectivity index (χ4v) is 5.16. The summed E-state index contributed by atoms with van der Waals surface area (Å²) < 4.78 is 0. The molecule has 2 amide bonds. The summed E-state index contributed by atoms with van der Waals surface area (Å²) in [6.07, 6.45) is 4.45. The number of aliphatic hydroxyl groups excluding tert-OH is 1. The zero-order valence-corrected chi connectivity index (χ0v) is 16.6. The van der Waals surface area contributed by atoms with Gasteiger partial charge in [0.1, 0.15) is 0 Å². The first-order valence-corrected chi connectivity index (χ1v) is 10.5. The number of β-amino-alcohol motifs (C(OH)–C–C–N with tert-alkyl or cyclic N) is 1. The molecule has 0 aromatic heterocycles. The Balaban J connectivity index is 1.37. The predicted molar refractivity (Wildman–Crippen MR) is 107 cm³/mol. The first-order valence-electron chi connectivity index (χ1n) is 10.5. The number of carbonyl (C=O) groups is 2. The van der Waals surface area contributed by atoms with Crippen LogP contribution in [-0.4, -0.2) is 77.5 Å². The van der Waals surface area contributed by atoms with Crippen LogP contribution in [0.25, 0.3) is 0 Å². The van der Waals surface area contributed by atoms with E-state index in [1.165, 1.54) is 11.1 Å². The summed E-state index contributed by atoms with van der Waals surface area (Å²) in [7, 11) is 0. The highest BCUT2D eigenvalue weighted by molar-refractivity contribution is 5.79. The lowest BCUT2D eigenvalue weighted by Crippen LogP contribution is -2.56. The lowest BCUT2D eigenvalue weighted by molar-refractivity contribution is -0.144. The highest BCUT2D eigenvalue weighted by Gasteiger charge is 2.42. The van der Waals surface area contributed by atoms with E-state index >= 15 is 0 Å². The van der Waals surface area contributed by atoms with Crippen LogP contribution in [0.5, 0.6) is 0 Å². The molecule has 2 fully saturated rings. The molecule has 1 N–H and O–H groups in total. The number of carbonyl (C=O) groups excluding carboxylic acids is 2. The van der Waals surface area contributed by atoms with Gasteiger partial charge in [-0.2, -0.15) is 0 Å². The fraction of sp³-hybridized carbons (Fsp3) is 0.636. The van der Waals surface area contributed by atoms with Crippen molar-refractivity contribution in [2.45, 2.75) is 38.6 Å². The first kappa shape index (κ1) is 19.4. The van der Waals surface area contributed by atoms with Crippen LogP contribution in [0.15, 0.2) is 24.3 Å². The molecule has 28 heavy (non-hydrogen) atoms. The number of piperidine rings is 2. The molecule has 1 unspecified atom stereocenters. The Kier molecular flexibility index (Phi) is 5.69. The van der Waals surface area contributed by atoms with Crippen molar-refractivity contribution < 1.29 is 14.7 Å². The molecule has 0 radical (unpaired) electrons. The van der Waals surface area contributed by atoms with Crippen LogP contribution in [0.4, 0.5) is 0 Å². The molecule has 0 saturated carbocycles. The van der Waals surface area contributed by atoms with Gasteiger partial charge >= 0.3 is 0 Å². The molecule has 3 aliphatic heterocycles. The van der Waals surface area contributed by atoms with Crippen LogP contribution in [0, 0.1) is 5.41 Å². The zero-order chi connectivity index (χ0) is 19.6. The average Bonchev–Trinajstić information content (AvgIpc) is 2.71. The Hall–Kier alpha value is -1.92. The third-order valence-corrected chi connectivity index (χ3v) is 6.70. The number of aliphatic hydroxyl groups is 1. The van der Waals surface area contributed by atoms with E-state index in [0.29, 0.717) is 26.1 Å². The van der Waals surface area contributed by atoms with Crippen molar-refractivity contribution in [1.82, 2.24) is 14.7 Å². The molecule has 6 heteroatoms. The van der Waals surface area contributed by atoms with E-state index in [0.717, 1.165) is 51.9 Å². The molecule has 2 saturated heterocycles. The third-order valence-electron chi connectivity index (χ3n) is 6.70. The van der Waals surface area contributed by atoms with Crippen LogP contribution < -0.4 is 0 Å². The molecular weight excluding hydrogens is 354 g/mol. The number of likely N-dealkylation sites (tertiary alicyclic amines) is 2. The van der Waals surface area contributed by atoms with Crippen molar-refractivity contribution in [2.24, 2.45) is 5.41 Å². The maximum atomic E-state index is 13.0. The largest absolute Gasteiger partial charge is 0.395 e. The van der Waals surface area contributed by atoms with Gasteiger partial charge in [-0.3, -0.25) is 14.5 Å². The van der Waals surface area contributed by atoms with Crippen molar-refractivity contribution in [1.29, 1.82) is 0 Å². The third kappa shape index (κ3) is 4.08. The summed E-state index contributed by atoms with van der Waals surface area (Å²) in [6.45, 7) is 4.89. The van der Waals surface area contributed by atoms with Crippen LogP contribution >= 0.6 is 0 Å².